The van der Waals surface area contributed by atoms with Gasteiger partial charge in [-0.05, 0) is 37.9 Å². The number of pyridine rings is 1. The van der Waals surface area contributed by atoms with Crippen LogP contribution in [0.1, 0.15) is 33.1 Å². The second-order valence-electron chi connectivity index (χ2n) is 4.21. The summed E-state index contributed by atoms with van der Waals surface area (Å²) in [6, 6.07) is 4.42. The highest BCUT2D eigenvalue weighted by Crippen LogP contribution is 2.07. The Bertz CT molecular complexity index is 262. The zero-order chi connectivity index (χ0) is 11.6. The van der Waals surface area contributed by atoms with Gasteiger partial charge in [0.05, 0.1) is 12.8 Å². The number of nitrogens with zero attached hydrogens (tertiary/aromatic N) is 1. The topological polar surface area (TPSA) is 34.1 Å². The Morgan fingerprint density at radius 3 is 2.88 bits per heavy atom. The molecule has 0 bridgehead atoms. The zero-order valence-electron chi connectivity index (χ0n) is 10.3. The van der Waals surface area contributed by atoms with Crippen LogP contribution in [0.2, 0.25) is 0 Å². The summed E-state index contributed by atoms with van der Waals surface area (Å²) in [5, 5.41) is 3.40. The Morgan fingerprint density at radius 2 is 2.19 bits per heavy atom. The first-order valence-electron chi connectivity index (χ1n) is 6.05. The fourth-order valence-corrected chi connectivity index (χ4v) is 1.42. The van der Waals surface area contributed by atoms with Gasteiger partial charge in [0, 0.05) is 12.2 Å². The molecule has 1 rings (SSSR count). The first-order valence-corrected chi connectivity index (χ1v) is 6.05. The molecular weight excluding hydrogens is 200 g/mol. The van der Waals surface area contributed by atoms with Crippen molar-refractivity contribution in [2.75, 3.05) is 13.2 Å². The number of hydrogen-bond donors (Lipinski definition) is 1. The molecule has 90 valence electrons. The third kappa shape index (κ3) is 6.40. The Morgan fingerprint density at radius 1 is 1.31 bits per heavy atom. The molecule has 0 spiro atoms. The SMILES string of the molecule is CC(C)NCCCCCOc1cccnc1. The number of rotatable bonds is 8. The monoisotopic (exact) mass is 222 g/mol. The maximum absolute atomic E-state index is 5.55. The third-order valence-electron chi connectivity index (χ3n) is 2.28. The Kier molecular flexibility index (Phi) is 6.58. The number of ether oxygens (including phenoxy) is 1. The molecule has 0 aliphatic carbocycles. The van der Waals surface area contributed by atoms with Gasteiger partial charge in [0.2, 0.25) is 0 Å². The molecule has 0 fully saturated rings. The van der Waals surface area contributed by atoms with E-state index in [4.69, 9.17) is 4.74 Å². The standard InChI is InChI=1S/C13H22N2O/c1-12(2)15-9-4-3-5-10-16-13-7-6-8-14-11-13/h6-8,11-12,15H,3-5,9-10H2,1-2H3. The second-order valence-corrected chi connectivity index (χ2v) is 4.21. The van der Waals surface area contributed by atoms with E-state index in [0.717, 1.165) is 25.3 Å². The molecule has 0 atom stereocenters. The van der Waals surface area contributed by atoms with Gasteiger partial charge in [-0.1, -0.05) is 13.8 Å². The number of hydrogen-bond acceptors (Lipinski definition) is 3. The molecule has 0 saturated carbocycles. The van der Waals surface area contributed by atoms with Crippen LogP contribution in [-0.2, 0) is 0 Å². The molecule has 0 saturated heterocycles. The van der Waals surface area contributed by atoms with E-state index in [-0.39, 0.29) is 0 Å². The highest BCUT2D eigenvalue weighted by atomic mass is 16.5. The van der Waals surface area contributed by atoms with E-state index in [9.17, 15) is 0 Å². The molecule has 0 radical (unpaired) electrons. The van der Waals surface area contributed by atoms with Gasteiger partial charge in [-0.25, -0.2) is 0 Å². The van der Waals surface area contributed by atoms with Gasteiger partial charge in [0.15, 0.2) is 0 Å². The zero-order valence-corrected chi connectivity index (χ0v) is 10.3. The molecule has 0 amide bonds. The van der Waals surface area contributed by atoms with Crippen LogP contribution in [0.15, 0.2) is 24.5 Å². The van der Waals surface area contributed by atoms with Gasteiger partial charge >= 0.3 is 0 Å². The average Bonchev–Trinajstić information content (AvgIpc) is 2.29. The van der Waals surface area contributed by atoms with Crippen molar-refractivity contribution in [2.45, 2.75) is 39.2 Å². The average molecular weight is 222 g/mol. The van der Waals surface area contributed by atoms with Gasteiger partial charge in [-0.15, -0.1) is 0 Å². The number of aromatic nitrogens is 1. The predicted molar refractivity (Wildman–Crippen MR) is 66.7 cm³/mol. The molecular formula is C13H22N2O. The van der Waals surface area contributed by atoms with Gasteiger partial charge in [-0.3, -0.25) is 4.98 Å². The summed E-state index contributed by atoms with van der Waals surface area (Å²) in [5.74, 6) is 0.864. The van der Waals surface area contributed by atoms with Crippen molar-refractivity contribution in [1.82, 2.24) is 10.3 Å². The molecule has 1 heterocycles. The third-order valence-corrected chi connectivity index (χ3v) is 2.28. The minimum absolute atomic E-state index is 0.589. The lowest BCUT2D eigenvalue weighted by Crippen LogP contribution is -2.23. The first-order chi connectivity index (χ1) is 7.79. The smallest absolute Gasteiger partial charge is 0.137 e. The largest absolute Gasteiger partial charge is 0.492 e. The molecule has 1 aromatic heterocycles. The van der Waals surface area contributed by atoms with Crippen molar-refractivity contribution >= 4 is 0 Å². The number of nitrogens with one attached hydrogen (secondary N) is 1. The van der Waals surface area contributed by atoms with Crippen molar-refractivity contribution in [3.8, 4) is 5.75 Å². The number of unbranched alkanes of at least 4 members (excludes halogenated alkanes) is 2. The van der Waals surface area contributed by atoms with Crippen molar-refractivity contribution in [1.29, 1.82) is 0 Å². The predicted octanol–water partition coefficient (Wildman–Crippen LogP) is 2.63. The molecule has 1 aromatic rings. The van der Waals surface area contributed by atoms with Crippen molar-refractivity contribution < 1.29 is 4.74 Å². The first kappa shape index (κ1) is 13.0. The van der Waals surface area contributed by atoms with Crippen molar-refractivity contribution in [2.24, 2.45) is 0 Å². The molecule has 1 N–H and O–H groups in total. The minimum Gasteiger partial charge on any atom is -0.492 e. The minimum atomic E-state index is 0.589. The molecule has 0 unspecified atom stereocenters. The van der Waals surface area contributed by atoms with Gasteiger partial charge in [-0.2, -0.15) is 0 Å². The Labute approximate surface area is 98.2 Å². The summed E-state index contributed by atoms with van der Waals surface area (Å²) in [5.41, 5.74) is 0. The highest BCUT2D eigenvalue weighted by molar-refractivity contribution is 5.15. The van der Waals surface area contributed by atoms with Crippen LogP contribution in [0.3, 0.4) is 0 Å². The summed E-state index contributed by atoms with van der Waals surface area (Å²) in [4.78, 5) is 4.00. The van der Waals surface area contributed by atoms with Crippen LogP contribution in [0, 0.1) is 0 Å². The molecule has 16 heavy (non-hydrogen) atoms. The second kappa shape index (κ2) is 8.11. The Balaban J connectivity index is 1.93. The summed E-state index contributed by atoms with van der Waals surface area (Å²) < 4.78 is 5.55. The normalized spacial score (nSPS) is 10.7. The van der Waals surface area contributed by atoms with Crippen LogP contribution in [0.4, 0.5) is 0 Å². The molecule has 0 aromatic carbocycles. The lowest BCUT2D eigenvalue weighted by atomic mass is 10.2. The van der Waals surface area contributed by atoms with E-state index >= 15 is 0 Å². The van der Waals surface area contributed by atoms with Crippen LogP contribution in [-0.4, -0.2) is 24.2 Å². The summed E-state index contributed by atoms with van der Waals surface area (Å²) in [6.45, 7) is 6.23. The van der Waals surface area contributed by atoms with E-state index in [1.807, 2.05) is 12.1 Å². The van der Waals surface area contributed by atoms with Gasteiger partial charge in [0.1, 0.15) is 5.75 Å². The molecule has 3 nitrogen and oxygen atoms in total. The van der Waals surface area contributed by atoms with E-state index in [1.165, 1.54) is 12.8 Å². The summed E-state index contributed by atoms with van der Waals surface area (Å²) in [6.07, 6.45) is 7.04. The van der Waals surface area contributed by atoms with Crippen LogP contribution in [0.5, 0.6) is 5.75 Å². The molecule has 0 aliphatic heterocycles. The summed E-state index contributed by atoms with van der Waals surface area (Å²) in [7, 11) is 0. The van der Waals surface area contributed by atoms with E-state index < -0.39 is 0 Å². The van der Waals surface area contributed by atoms with Crippen molar-refractivity contribution in [3.05, 3.63) is 24.5 Å². The van der Waals surface area contributed by atoms with Crippen LogP contribution < -0.4 is 10.1 Å². The maximum atomic E-state index is 5.55. The molecule has 3 heteroatoms. The fraction of sp³-hybridized carbons (Fsp3) is 0.615. The quantitative estimate of drug-likeness (QED) is 0.687. The van der Waals surface area contributed by atoms with Gasteiger partial charge in [0.25, 0.3) is 0 Å². The maximum Gasteiger partial charge on any atom is 0.137 e. The highest BCUT2D eigenvalue weighted by Gasteiger charge is 1.94. The fourth-order valence-electron chi connectivity index (χ4n) is 1.42. The van der Waals surface area contributed by atoms with Crippen molar-refractivity contribution in [3.63, 3.8) is 0 Å². The van der Waals surface area contributed by atoms with E-state index in [0.29, 0.717) is 6.04 Å². The Hall–Kier alpha value is -1.09. The summed E-state index contributed by atoms with van der Waals surface area (Å²) >= 11 is 0. The van der Waals surface area contributed by atoms with E-state index in [2.05, 4.69) is 24.1 Å². The lowest BCUT2D eigenvalue weighted by Gasteiger charge is -2.08. The lowest BCUT2D eigenvalue weighted by molar-refractivity contribution is 0.303. The molecule has 0 aliphatic rings. The van der Waals surface area contributed by atoms with E-state index in [1.54, 1.807) is 12.4 Å². The van der Waals surface area contributed by atoms with Crippen LogP contribution in [0.25, 0.3) is 0 Å². The van der Waals surface area contributed by atoms with Crippen LogP contribution >= 0.6 is 0 Å². The van der Waals surface area contributed by atoms with Gasteiger partial charge < -0.3 is 10.1 Å².